The topological polar surface area (TPSA) is 86.6 Å². The zero-order valence-electron chi connectivity index (χ0n) is 10.8. The Morgan fingerprint density at radius 3 is 2.80 bits per heavy atom. The molecular formula is C14H16INO4. The molecule has 2 atom stereocenters. The molecule has 2 rings (SSSR count). The van der Waals surface area contributed by atoms with Crippen LogP contribution in [0.1, 0.15) is 29.6 Å². The van der Waals surface area contributed by atoms with Gasteiger partial charge in [0.05, 0.1) is 11.5 Å². The molecule has 0 heterocycles. The van der Waals surface area contributed by atoms with Gasteiger partial charge in [0.1, 0.15) is 5.75 Å². The monoisotopic (exact) mass is 389 g/mol. The van der Waals surface area contributed by atoms with Crippen molar-refractivity contribution >= 4 is 34.5 Å². The van der Waals surface area contributed by atoms with Gasteiger partial charge in [-0.2, -0.15) is 0 Å². The summed E-state index contributed by atoms with van der Waals surface area (Å²) in [7, 11) is 0. The van der Waals surface area contributed by atoms with Crippen molar-refractivity contribution in [2.24, 2.45) is 11.8 Å². The van der Waals surface area contributed by atoms with Crippen LogP contribution in [0.2, 0.25) is 0 Å². The van der Waals surface area contributed by atoms with Crippen molar-refractivity contribution in [2.45, 2.75) is 19.3 Å². The maximum atomic E-state index is 12.0. The van der Waals surface area contributed by atoms with E-state index < -0.39 is 5.97 Å². The predicted octanol–water partition coefficient (Wildman–Crippen LogP) is 2.23. The summed E-state index contributed by atoms with van der Waals surface area (Å²) < 4.78 is 0.856. The van der Waals surface area contributed by atoms with Crippen molar-refractivity contribution in [1.29, 1.82) is 0 Å². The Bertz CT molecular complexity index is 532. The van der Waals surface area contributed by atoms with Crippen LogP contribution in [0, 0.1) is 15.4 Å². The number of aromatic hydroxyl groups is 1. The molecule has 5 nitrogen and oxygen atoms in total. The van der Waals surface area contributed by atoms with Gasteiger partial charge in [0.25, 0.3) is 5.91 Å². The normalized spacial score (nSPS) is 21.6. The van der Waals surface area contributed by atoms with E-state index in [1.165, 1.54) is 6.07 Å². The van der Waals surface area contributed by atoms with Crippen LogP contribution in [-0.2, 0) is 4.79 Å². The zero-order chi connectivity index (χ0) is 14.7. The first-order chi connectivity index (χ1) is 9.49. The lowest BCUT2D eigenvalue weighted by Gasteiger charge is -2.16. The fourth-order valence-electron chi connectivity index (χ4n) is 2.62. The van der Waals surface area contributed by atoms with Crippen LogP contribution in [0.4, 0.5) is 0 Å². The third-order valence-electron chi connectivity index (χ3n) is 3.70. The van der Waals surface area contributed by atoms with Crippen molar-refractivity contribution in [1.82, 2.24) is 5.32 Å². The lowest BCUT2D eigenvalue weighted by Crippen LogP contribution is -2.33. The number of carbonyl (C=O) groups is 2. The Morgan fingerprint density at radius 2 is 2.10 bits per heavy atom. The number of hydrogen-bond donors (Lipinski definition) is 3. The molecule has 1 fully saturated rings. The van der Waals surface area contributed by atoms with Gasteiger partial charge in [-0.3, -0.25) is 9.59 Å². The molecular weight excluding hydrogens is 373 g/mol. The summed E-state index contributed by atoms with van der Waals surface area (Å²) in [6, 6.07) is 4.80. The van der Waals surface area contributed by atoms with Crippen LogP contribution >= 0.6 is 22.6 Å². The van der Waals surface area contributed by atoms with Crippen LogP contribution in [0.5, 0.6) is 5.75 Å². The van der Waals surface area contributed by atoms with Crippen molar-refractivity contribution < 1.29 is 19.8 Å². The molecule has 6 heteroatoms. The largest absolute Gasteiger partial charge is 0.507 e. The van der Waals surface area contributed by atoms with Gasteiger partial charge < -0.3 is 15.5 Å². The summed E-state index contributed by atoms with van der Waals surface area (Å²) in [4.78, 5) is 23.1. The number of halogens is 1. The highest BCUT2D eigenvalue weighted by molar-refractivity contribution is 14.1. The Kier molecular flexibility index (Phi) is 4.85. The molecule has 0 radical (unpaired) electrons. The highest BCUT2D eigenvalue weighted by Gasteiger charge is 2.33. The van der Waals surface area contributed by atoms with Crippen LogP contribution in [0.15, 0.2) is 18.2 Å². The molecule has 3 N–H and O–H groups in total. The molecule has 1 amide bonds. The highest BCUT2D eigenvalue weighted by atomic mass is 127. The third kappa shape index (κ3) is 3.41. The quantitative estimate of drug-likeness (QED) is 0.690. The average Bonchev–Trinajstić information content (AvgIpc) is 2.87. The number of nitrogens with one attached hydrogen (secondary N) is 1. The smallest absolute Gasteiger partial charge is 0.306 e. The number of carboxylic acid groups (broad SMARTS) is 1. The molecule has 0 aliphatic heterocycles. The van der Waals surface area contributed by atoms with E-state index in [1.54, 1.807) is 12.1 Å². The number of phenolic OH excluding ortho intramolecular Hbond substituents is 1. The Balaban J connectivity index is 1.98. The van der Waals surface area contributed by atoms with Gasteiger partial charge in [-0.1, -0.05) is 6.42 Å². The van der Waals surface area contributed by atoms with E-state index in [4.69, 9.17) is 5.11 Å². The SMILES string of the molecule is O=C(NCC1CCCC1C(=O)O)c1cc(I)ccc1O. The number of aliphatic carboxylic acids is 1. The minimum Gasteiger partial charge on any atom is -0.507 e. The van der Waals surface area contributed by atoms with E-state index in [0.29, 0.717) is 13.0 Å². The number of carboxylic acids is 1. The number of carbonyl (C=O) groups excluding carboxylic acids is 1. The molecule has 0 spiro atoms. The van der Waals surface area contributed by atoms with Gasteiger partial charge in [-0.25, -0.2) is 0 Å². The van der Waals surface area contributed by atoms with E-state index >= 15 is 0 Å². The lowest BCUT2D eigenvalue weighted by atomic mass is 9.96. The fraction of sp³-hybridized carbons (Fsp3) is 0.429. The van der Waals surface area contributed by atoms with Crippen LogP contribution < -0.4 is 5.32 Å². The summed E-state index contributed by atoms with van der Waals surface area (Å²) in [5.74, 6) is -1.62. The average molecular weight is 389 g/mol. The van der Waals surface area contributed by atoms with E-state index in [9.17, 15) is 14.7 Å². The first-order valence-corrected chi connectivity index (χ1v) is 7.56. The number of amides is 1. The predicted molar refractivity (Wildman–Crippen MR) is 81.6 cm³/mol. The summed E-state index contributed by atoms with van der Waals surface area (Å²) in [5.41, 5.74) is 0.224. The highest BCUT2D eigenvalue weighted by Crippen LogP contribution is 2.31. The first-order valence-electron chi connectivity index (χ1n) is 6.48. The van der Waals surface area contributed by atoms with Gasteiger partial charge in [-0.15, -0.1) is 0 Å². The van der Waals surface area contributed by atoms with Crippen molar-refractivity contribution in [3.8, 4) is 5.75 Å². The van der Waals surface area contributed by atoms with Gasteiger partial charge in [0.2, 0.25) is 0 Å². The van der Waals surface area contributed by atoms with E-state index in [-0.39, 0.29) is 29.1 Å². The summed E-state index contributed by atoms with van der Waals surface area (Å²) in [5, 5.41) is 21.5. The molecule has 1 aliphatic rings. The molecule has 1 aromatic rings. The summed E-state index contributed by atoms with van der Waals surface area (Å²) in [6.07, 6.45) is 2.37. The van der Waals surface area contributed by atoms with Gasteiger partial charge in [0.15, 0.2) is 0 Å². The standard InChI is InChI=1S/C14H16INO4/c15-9-4-5-12(17)11(6-9)13(18)16-7-8-2-1-3-10(8)14(19)20/h4-6,8,10,17H,1-3,7H2,(H,16,18)(H,19,20). The molecule has 1 aliphatic carbocycles. The molecule has 1 aromatic carbocycles. The van der Waals surface area contributed by atoms with Gasteiger partial charge >= 0.3 is 5.97 Å². The second-order valence-corrected chi connectivity index (χ2v) is 6.25. The van der Waals surface area contributed by atoms with Crippen LogP contribution in [0.25, 0.3) is 0 Å². The Hall–Kier alpha value is -1.31. The van der Waals surface area contributed by atoms with Gasteiger partial charge in [-0.05, 0) is 59.5 Å². The van der Waals surface area contributed by atoms with Crippen LogP contribution in [-0.4, -0.2) is 28.6 Å². The summed E-state index contributed by atoms with van der Waals surface area (Å²) in [6.45, 7) is 0.334. The molecule has 0 bridgehead atoms. The molecule has 0 saturated heterocycles. The second kappa shape index (κ2) is 6.43. The maximum absolute atomic E-state index is 12.0. The molecule has 1 saturated carbocycles. The third-order valence-corrected chi connectivity index (χ3v) is 4.38. The molecule has 108 valence electrons. The number of hydrogen-bond acceptors (Lipinski definition) is 3. The minimum absolute atomic E-state index is 0.0265. The Labute approximate surface area is 130 Å². The van der Waals surface area contributed by atoms with Crippen molar-refractivity contribution in [2.75, 3.05) is 6.54 Å². The zero-order valence-corrected chi connectivity index (χ0v) is 13.0. The molecule has 20 heavy (non-hydrogen) atoms. The fourth-order valence-corrected chi connectivity index (χ4v) is 3.11. The summed E-state index contributed by atoms with van der Waals surface area (Å²) >= 11 is 2.07. The lowest BCUT2D eigenvalue weighted by molar-refractivity contribution is -0.142. The van der Waals surface area contributed by atoms with Gasteiger partial charge in [0, 0.05) is 10.1 Å². The van der Waals surface area contributed by atoms with Crippen LogP contribution in [0.3, 0.4) is 0 Å². The van der Waals surface area contributed by atoms with E-state index in [0.717, 1.165) is 16.4 Å². The van der Waals surface area contributed by atoms with E-state index in [2.05, 4.69) is 27.9 Å². The number of phenols is 1. The van der Waals surface area contributed by atoms with Crippen molar-refractivity contribution in [3.63, 3.8) is 0 Å². The maximum Gasteiger partial charge on any atom is 0.306 e. The minimum atomic E-state index is -0.793. The Morgan fingerprint density at radius 1 is 1.35 bits per heavy atom. The van der Waals surface area contributed by atoms with Crippen molar-refractivity contribution in [3.05, 3.63) is 27.3 Å². The molecule has 0 aromatic heterocycles. The number of benzene rings is 1. The number of rotatable bonds is 4. The molecule has 2 unspecified atom stereocenters. The first kappa shape index (κ1) is 15.1. The second-order valence-electron chi connectivity index (χ2n) is 5.01. The van der Waals surface area contributed by atoms with E-state index in [1.807, 2.05) is 0 Å².